The third-order valence-electron chi connectivity index (χ3n) is 3.63. The smallest absolute Gasteiger partial charge is 0.334 e. The molecule has 4 atom stereocenters. The van der Waals surface area contributed by atoms with Crippen LogP contribution in [0.1, 0.15) is 26.7 Å². The number of rotatable bonds is 0. The SMILES string of the molecule is C=C1C(=O)O[C@@H]2CC[C@H]3OC(C)(C)O[C@H]3[C@@H]12. The highest BCUT2D eigenvalue weighted by molar-refractivity contribution is 5.91. The minimum absolute atomic E-state index is 0.0203. The van der Waals surface area contributed by atoms with E-state index in [1.165, 1.54) is 0 Å². The molecule has 0 N–H and O–H groups in total. The van der Waals surface area contributed by atoms with Crippen LogP contribution >= 0.6 is 0 Å². The molecule has 3 aliphatic rings. The predicted molar refractivity (Wildman–Crippen MR) is 55.6 cm³/mol. The molecule has 2 aliphatic heterocycles. The van der Waals surface area contributed by atoms with Crippen molar-refractivity contribution in [1.29, 1.82) is 0 Å². The maximum absolute atomic E-state index is 11.5. The van der Waals surface area contributed by atoms with Gasteiger partial charge in [0.05, 0.1) is 18.1 Å². The van der Waals surface area contributed by atoms with Gasteiger partial charge in [-0.25, -0.2) is 4.79 Å². The van der Waals surface area contributed by atoms with Crippen molar-refractivity contribution in [3.8, 4) is 0 Å². The largest absolute Gasteiger partial charge is 0.458 e. The molecule has 3 rings (SSSR count). The summed E-state index contributed by atoms with van der Waals surface area (Å²) in [5.41, 5.74) is 0.543. The topological polar surface area (TPSA) is 44.8 Å². The second kappa shape index (κ2) is 3.08. The highest BCUT2D eigenvalue weighted by atomic mass is 16.8. The number of carbonyl (C=O) groups excluding carboxylic acids is 1. The van der Waals surface area contributed by atoms with Crippen molar-refractivity contribution in [1.82, 2.24) is 0 Å². The molecule has 1 saturated carbocycles. The molecule has 4 nitrogen and oxygen atoms in total. The third-order valence-corrected chi connectivity index (χ3v) is 3.63. The fourth-order valence-electron chi connectivity index (χ4n) is 3.01. The Bertz CT molecular complexity index is 360. The Kier molecular flexibility index (Phi) is 1.98. The van der Waals surface area contributed by atoms with Crippen molar-refractivity contribution < 1.29 is 19.0 Å². The molecule has 0 aromatic heterocycles. The van der Waals surface area contributed by atoms with Gasteiger partial charge in [0, 0.05) is 5.57 Å². The van der Waals surface area contributed by atoms with Crippen molar-refractivity contribution in [2.24, 2.45) is 5.92 Å². The normalized spacial score (nSPS) is 45.1. The van der Waals surface area contributed by atoms with Crippen LogP contribution < -0.4 is 0 Å². The zero-order valence-electron chi connectivity index (χ0n) is 9.56. The molecule has 0 aromatic carbocycles. The van der Waals surface area contributed by atoms with Crippen LogP contribution in [0.15, 0.2) is 12.2 Å². The fourth-order valence-corrected chi connectivity index (χ4v) is 3.01. The summed E-state index contributed by atoms with van der Waals surface area (Å²) >= 11 is 0. The lowest BCUT2D eigenvalue weighted by molar-refractivity contribution is -0.148. The molecule has 16 heavy (non-hydrogen) atoms. The van der Waals surface area contributed by atoms with Crippen molar-refractivity contribution in [3.63, 3.8) is 0 Å². The number of esters is 1. The van der Waals surface area contributed by atoms with Gasteiger partial charge in [-0.2, -0.15) is 0 Å². The summed E-state index contributed by atoms with van der Waals surface area (Å²) in [7, 11) is 0. The summed E-state index contributed by atoms with van der Waals surface area (Å²) in [5, 5.41) is 0. The van der Waals surface area contributed by atoms with Gasteiger partial charge in [0.1, 0.15) is 6.10 Å². The van der Waals surface area contributed by atoms with Gasteiger partial charge in [0.25, 0.3) is 0 Å². The van der Waals surface area contributed by atoms with E-state index in [1.54, 1.807) is 0 Å². The van der Waals surface area contributed by atoms with Crippen molar-refractivity contribution in [2.45, 2.75) is 50.8 Å². The number of ether oxygens (including phenoxy) is 3. The summed E-state index contributed by atoms with van der Waals surface area (Å²) in [4.78, 5) is 11.5. The average Bonchev–Trinajstić information content (AvgIpc) is 2.63. The maximum Gasteiger partial charge on any atom is 0.334 e. The summed E-state index contributed by atoms with van der Waals surface area (Å²) in [6, 6.07) is 0. The van der Waals surface area contributed by atoms with E-state index in [1.807, 2.05) is 13.8 Å². The van der Waals surface area contributed by atoms with E-state index in [4.69, 9.17) is 14.2 Å². The van der Waals surface area contributed by atoms with Crippen LogP contribution in [0.2, 0.25) is 0 Å². The maximum atomic E-state index is 11.5. The van der Waals surface area contributed by atoms with E-state index in [-0.39, 0.29) is 30.2 Å². The zero-order valence-corrected chi connectivity index (χ0v) is 9.56. The Labute approximate surface area is 94.5 Å². The summed E-state index contributed by atoms with van der Waals surface area (Å²) in [6.07, 6.45) is 1.67. The van der Waals surface area contributed by atoms with Gasteiger partial charge < -0.3 is 14.2 Å². The molecular formula is C12H16O4. The van der Waals surface area contributed by atoms with Crippen LogP contribution in [0.25, 0.3) is 0 Å². The second-order valence-corrected chi connectivity index (χ2v) is 5.21. The molecule has 1 aliphatic carbocycles. The molecule has 0 unspecified atom stereocenters. The summed E-state index contributed by atoms with van der Waals surface area (Å²) < 4.78 is 17.0. The molecular weight excluding hydrogens is 208 g/mol. The van der Waals surface area contributed by atoms with Crippen LogP contribution in [0.3, 0.4) is 0 Å². The lowest BCUT2D eigenvalue weighted by atomic mass is 9.80. The Morgan fingerprint density at radius 2 is 1.94 bits per heavy atom. The minimum atomic E-state index is -0.559. The van der Waals surface area contributed by atoms with Gasteiger partial charge in [0.2, 0.25) is 0 Å². The lowest BCUT2D eigenvalue weighted by Gasteiger charge is -2.31. The second-order valence-electron chi connectivity index (χ2n) is 5.21. The standard InChI is InChI=1S/C12H16O4/c1-6-9-7(14-11(6)13)4-5-8-10(9)16-12(2,3)15-8/h7-10H,1,4-5H2,2-3H3/t7-,8-,9+,10-/m1/s1. The van der Waals surface area contributed by atoms with Gasteiger partial charge in [-0.15, -0.1) is 0 Å². The molecule has 0 radical (unpaired) electrons. The van der Waals surface area contributed by atoms with Gasteiger partial charge in [-0.3, -0.25) is 0 Å². The predicted octanol–water partition coefficient (Wildman–Crippen LogP) is 1.40. The van der Waals surface area contributed by atoms with Crippen LogP contribution in [-0.2, 0) is 19.0 Å². The van der Waals surface area contributed by atoms with Crippen molar-refractivity contribution in [2.75, 3.05) is 0 Å². The lowest BCUT2D eigenvalue weighted by Crippen LogP contribution is -2.41. The monoisotopic (exact) mass is 224 g/mol. The molecule has 4 heteroatoms. The average molecular weight is 224 g/mol. The molecule has 0 spiro atoms. The van der Waals surface area contributed by atoms with Gasteiger partial charge >= 0.3 is 5.97 Å². The van der Waals surface area contributed by atoms with E-state index < -0.39 is 5.79 Å². The van der Waals surface area contributed by atoms with Crippen LogP contribution in [0.5, 0.6) is 0 Å². The fraction of sp³-hybridized carbons (Fsp3) is 0.750. The quantitative estimate of drug-likeness (QED) is 0.461. The van der Waals surface area contributed by atoms with Gasteiger partial charge in [-0.1, -0.05) is 6.58 Å². The van der Waals surface area contributed by atoms with Crippen molar-refractivity contribution >= 4 is 5.97 Å². The number of fused-ring (bicyclic) bond motifs is 3. The Morgan fingerprint density at radius 3 is 2.69 bits per heavy atom. The Hall–Kier alpha value is -0.870. The number of hydrogen-bond donors (Lipinski definition) is 0. The first-order valence-corrected chi connectivity index (χ1v) is 5.73. The molecule has 0 amide bonds. The molecule has 2 saturated heterocycles. The van der Waals surface area contributed by atoms with E-state index in [9.17, 15) is 4.79 Å². The Morgan fingerprint density at radius 1 is 1.25 bits per heavy atom. The third kappa shape index (κ3) is 1.33. The molecule has 0 aromatic rings. The van der Waals surface area contributed by atoms with Crippen LogP contribution in [-0.4, -0.2) is 30.1 Å². The molecule has 2 heterocycles. The zero-order chi connectivity index (χ0) is 11.5. The molecule has 3 fully saturated rings. The molecule has 88 valence electrons. The first kappa shape index (κ1) is 10.3. The summed E-state index contributed by atoms with van der Waals surface area (Å²) in [6.45, 7) is 7.62. The first-order valence-electron chi connectivity index (χ1n) is 5.73. The highest BCUT2D eigenvalue weighted by Crippen LogP contribution is 2.46. The van der Waals surface area contributed by atoms with E-state index in [0.29, 0.717) is 5.57 Å². The van der Waals surface area contributed by atoms with E-state index in [2.05, 4.69) is 6.58 Å². The minimum Gasteiger partial charge on any atom is -0.458 e. The van der Waals surface area contributed by atoms with Gasteiger partial charge in [-0.05, 0) is 26.7 Å². The molecule has 0 bridgehead atoms. The number of hydrogen-bond acceptors (Lipinski definition) is 4. The summed E-state index contributed by atoms with van der Waals surface area (Å²) in [5.74, 6) is -0.854. The van der Waals surface area contributed by atoms with Crippen LogP contribution in [0, 0.1) is 5.92 Å². The van der Waals surface area contributed by atoms with Crippen LogP contribution in [0.4, 0.5) is 0 Å². The van der Waals surface area contributed by atoms with Gasteiger partial charge in [0.15, 0.2) is 5.79 Å². The van der Waals surface area contributed by atoms with E-state index >= 15 is 0 Å². The highest BCUT2D eigenvalue weighted by Gasteiger charge is 2.55. The number of carbonyl (C=O) groups is 1. The van der Waals surface area contributed by atoms with Crippen molar-refractivity contribution in [3.05, 3.63) is 12.2 Å². The first-order chi connectivity index (χ1) is 7.48. The van der Waals surface area contributed by atoms with E-state index in [0.717, 1.165) is 12.8 Å². The Balaban J connectivity index is 1.90.